The van der Waals surface area contributed by atoms with Gasteiger partial charge in [0.05, 0.1) is 12.2 Å². The minimum Gasteiger partial charge on any atom is -0.377 e. The SMILES string of the molecule is CO[C@@H]1C=C[C@H](OC)C1. The molecule has 2 atom stereocenters. The summed E-state index contributed by atoms with van der Waals surface area (Å²) >= 11 is 0. The van der Waals surface area contributed by atoms with Gasteiger partial charge in [-0.1, -0.05) is 12.2 Å². The van der Waals surface area contributed by atoms with Gasteiger partial charge in [0, 0.05) is 20.6 Å². The van der Waals surface area contributed by atoms with E-state index in [1.54, 1.807) is 14.2 Å². The van der Waals surface area contributed by atoms with Crippen molar-refractivity contribution in [3.8, 4) is 0 Å². The lowest BCUT2D eigenvalue weighted by atomic mass is 10.3. The van der Waals surface area contributed by atoms with Gasteiger partial charge in [0.1, 0.15) is 0 Å². The first kappa shape index (κ1) is 6.78. The van der Waals surface area contributed by atoms with Gasteiger partial charge in [-0.15, -0.1) is 0 Å². The standard InChI is InChI=1S/C7H12O2/c1-8-6-3-4-7(5-6)9-2/h3-4,6-7H,5H2,1-2H3/t6-,7+. The summed E-state index contributed by atoms with van der Waals surface area (Å²) in [6, 6.07) is 0. The molecule has 0 bridgehead atoms. The van der Waals surface area contributed by atoms with E-state index >= 15 is 0 Å². The number of ether oxygens (including phenoxy) is 2. The molecule has 0 unspecified atom stereocenters. The van der Waals surface area contributed by atoms with Crippen LogP contribution in [0.4, 0.5) is 0 Å². The van der Waals surface area contributed by atoms with Crippen LogP contribution < -0.4 is 0 Å². The summed E-state index contributed by atoms with van der Waals surface area (Å²) in [6.45, 7) is 0. The van der Waals surface area contributed by atoms with Gasteiger partial charge in [-0.3, -0.25) is 0 Å². The van der Waals surface area contributed by atoms with Crippen LogP contribution in [0.2, 0.25) is 0 Å². The second-order valence-electron chi connectivity index (χ2n) is 2.17. The number of hydrogen-bond acceptors (Lipinski definition) is 2. The fourth-order valence-corrected chi connectivity index (χ4v) is 0.984. The Kier molecular flexibility index (Phi) is 2.25. The minimum absolute atomic E-state index is 0.273. The summed E-state index contributed by atoms with van der Waals surface area (Å²) in [5.74, 6) is 0. The van der Waals surface area contributed by atoms with Crippen molar-refractivity contribution in [2.45, 2.75) is 18.6 Å². The first-order valence-electron chi connectivity index (χ1n) is 3.10. The maximum Gasteiger partial charge on any atom is 0.0780 e. The molecule has 0 aliphatic heterocycles. The van der Waals surface area contributed by atoms with Crippen molar-refractivity contribution in [3.63, 3.8) is 0 Å². The molecular formula is C7H12O2. The van der Waals surface area contributed by atoms with E-state index in [1.165, 1.54) is 0 Å². The predicted octanol–water partition coefficient (Wildman–Crippen LogP) is 0.976. The van der Waals surface area contributed by atoms with Crippen molar-refractivity contribution < 1.29 is 9.47 Å². The van der Waals surface area contributed by atoms with Crippen LogP contribution in [0.3, 0.4) is 0 Å². The summed E-state index contributed by atoms with van der Waals surface area (Å²) in [5.41, 5.74) is 0. The van der Waals surface area contributed by atoms with Gasteiger partial charge in [-0.05, 0) is 0 Å². The Bertz CT molecular complexity index is 97.5. The largest absolute Gasteiger partial charge is 0.377 e. The lowest BCUT2D eigenvalue weighted by Gasteiger charge is -2.07. The smallest absolute Gasteiger partial charge is 0.0780 e. The molecule has 1 aliphatic rings. The lowest BCUT2D eigenvalue weighted by molar-refractivity contribution is 0.0806. The van der Waals surface area contributed by atoms with Gasteiger partial charge in [0.25, 0.3) is 0 Å². The van der Waals surface area contributed by atoms with Crippen LogP contribution >= 0.6 is 0 Å². The highest BCUT2D eigenvalue weighted by molar-refractivity contribution is 5.04. The highest BCUT2D eigenvalue weighted by Gasteiger charge is 2.16. The molecule has 0 amide bonds. The molecule has 0 saturated carbocycles. The Hall–Kier alpha value is -0.340. The van der Waals surface area contributed by atoms with E-state index in [4.69, 9.17) is 9.47 Å². The summed E-state index contributed by atoms with van der Waals surface area (Å²) in [7, 11) is 3.43. The topological polar surface area (TPSA) is 18.5 Å². The molecule has 0 radical (unpaired) electrons. The molecule has 0 spiro atoms. The Balaban J connectivity index is 2.31. The third-order valence-electron chi connectivity index (χ3n) is 1.61. The molecule has 0 aromatic heterocycles. The fraction of sp³-hybridized carbons (Fsp3) is 0.714. The zero-order valence-electron chi connectivity index (χ0n) is 5.83. The van der Waals surface area contributed by atoms with Crippen molar-refractivity contribution in [3.05, 3.63) is 12.2 Å². The monoisotopic (exact) mass is 128 g/mol. The molecule has 52 valence electrons. The molecule has 2 nitrogen and oxygen atoms in total. The van der Waals surface area contributed by atoms with Crippen molar-refractivity contribution >= 4 is 0 Å². The van der Waals surface area contributed by atoms with Gasteiger partial charge in [-0.25, -0.2) is 0 Å². The summed E-state index contributed by atoms with van der Waals surface area (Å²) in [4.78, 5) is 0. The first-order chi connectivity index (χ1) is 4.36. The summed E-state index contributed by atoms with van der Waals surface area (Å²) in [6.07, 6.45) is 5.58. The van der Waals surface area contributed by atoms with Crippen molar-refractivity contribution in [1.82, 2.24) is 0 Å². The van der Waals surface area contributed by atoms with Crippen LogP contribution in [0.1, 0.15) is 6.42 Å². The van der Waals surface area contributed by atoms with E-state index < -0.39 is 0 Å². The first-order valence-corrected chi connectivity index (χ1v) is 3.10. The molecule has 1 rings (SSSR count). The maximum atomic E-state index is 5.08. The van der Waals surface area contributed by atoms with Gasteiger partial charge >= 0.3 is 0 Å². The molecule has 0 N–H and O–H groups in total. The maximum absolute atomic E-state index is 5.08. The van der Waals surface area contributed by atoms with E-state index in [0.717, 1.165) is 6.42 Å². The zero-order valence-corrected chi connectivity index (χ0v) is 5.83. The summed E-state index contributed by atoms with van der Waals surface area (Å²) in [5, 5.41) is 0. The highest BCUT2D eigenvalue weighted by Crippen LogP contribution is 2.14. The van der Waals surface area contributed by atoms with Crippen LogP contribution in [0.15, 0.2) is 12.2 Å². The molecule has 0 heterocycles. The third-order valence-corrected chi connectivity index (χ3v) is 1.61. The summed E-state index contributed by atoms with van der Waals surface area (Å²) < 4.78 is 10.2. The van der Waals surface area contributed by atoms with E-state index in [9.17, 15) is 0 Å². The zero-order chi connectivity index (χ0) is 6.69. The average molecular weight is 128 g/mol. The van der Waals surface area contributed by atoms with Crippen LogP contribution in [-0.2, 0) is 9.47 Å². The van der Waals surface area contributed by atoms with Crippen molar-refractivity contribution in [2.75, 3.05) is 14.2 Å². The van der Waals surface area contributed by atoms with E-state index in [2.05, 4.69) is 0 Å². The molecule has 9 heavy (non-hydrogen) atoms. The van der Waals surface area contributed by atoms with E-state index in [1.807, 2.05) is 12.2 Å². The predicted molar refractivity (Wildman–Crippen MR) is 35.4 cm³/mol. The third kappa shape index (κ3) is 1.53. The second kappa shape index (κ2) is 2.99. The van der Waals surface area contributed by atoms with E-state index in [-0.39, 0.29) is 12.2 Å². The van der Waals surface area contributed by atoms with Crippen molar-refractivity contribution in [1.29, 1.82) is 0 Å². The van der Waals surface area contributed by atoms with Gasteiger partial charge in [0.2, 0.25) is 0 Å². The van der Waals surface area contributed by atoms with Crippen LogP contribution in [0.25, 0.3) is 0 Å². The molecule has 0 aromatic carbocycles. The van der Waals surface area contributed by atoms with Crippen LogP contribution in [0.5, 0.6) is 0 Å². The van der Waals surface area contributed by atoms with Gasteiger partial charge in [0.15, 0.2) is 0 Å². The normalized spacial score (nSPS) is 33.6. The average Bonchev–Trinajstić information content (AvgIpc) is 2.34. The van der Waals surface area contributed by atoms with Crippen LogP contribution in [-0.4, -0.2) is 26.4 Å². The molecule has 0 fully saturated rings. The Morgan fingerprint density at radius 3 is 1.78 bits per heavy atom. The minimum atomic E-state index is 0.273. The number of rotatable bonds is 2. The molecule has 0 saturated heterocycles. The molecule has 2 heteroatoms. The van der Waals surface area contributed by atoms with Gasteiger partial charge < -0.3 is 9.47 Å². The highest BCUT2D eigenvalue weighted by atomic mass is 16.5. The molecular weight excluding hydrogens is 116 g/mol. The lowest BCUT2D eigenvalue weighted by Crippen LogP contribution is -2.10. The Morgan fingerprint density at radius 1 is 1.11 bits per heavy atom. The van der Waals surface area contributed by atoms with Crippen molar-refractivity contribution in [2.24, 2.45) is 0 Å². The van der Waals surface area contributed by atoms with Crippen LogP contribution in [0, 0.1) is 0 Å². The quantitative estimate of drug-likeness (QED) is 0.516. The Morgan fingerprint density at radius 2 is 1.56 bits per heavy atom. The number of hydrogen-bond donors (Lipinski definition) is 0. The molecule has 0 aromatic rings. The Labute approximate surface area is 55.5 Å². The second-order valence-corrected chi connectivity index (χ2v) is 2.17. The molecule has 1 aliphatic carbocycles. The van der Waals surface area contributed by atoms with E-state index in [0.29, 0.717) is 0 Å². The van der Waals surface area contributed by atoms with Gasteiger partial charge in [-0.2, -0.15) is 0 Å². The number of methoxy groups -OCH3 is 2. The fourth-order valence-electron chi connectivity index (χ4n) is 0.984.